The van der Waals surface area contributed by atoms with Crippen molar-refractivity contribution in [2.75, 3.05) is 26.3 Å². The first-order valence-electron chi connectivity index (χ1n) is 7.43. The van der Waals surface area contributed by atoms with Gasteiger partial charge in [-0.05, 0) is 37.5 Å². The highest BCUT2D eigenvalue weighted by Crippen LogP contribution is 2.38. The van der Waals surface area contributed by atoms with Crippen LogP contribution in [0.5, 0.6) is 0 Å². The van der Waals surface area contributed by atoms with Crippen molar-refractivity contribution in [2.45, 2.75) is 19.3 Å². The zero-order chi connectivity index (χ0) is 14.3. The quantitative estimate of drug-likeness (QED) is 0.864. The van der Waals surface area contributed by atoms with E-state index in [1.54, 1.807) is 0 Å². The van der Waals surface area contributed by atoms with Gasteiger partial charge in [0.1, 0.15) is 11.0 Å². The van der Waals surface area contributed by atoms with E-state index in [0.717, 1.165) is 50.2 Å². The maximum atomic E-state index is 12.7. The predicted octanol–water partition coefficient (Wildman–Crippen LogP) is 1.60. The lowest BCUT2D eigenvalue weighted by Gasteiger charge is -2.39. The number of nitrogens with one attached hydrogen (secondary N) is 1. The summed E-state index contributed by atoms with van der Waals surface area (Å²) in [6.45, 7) is 3.26. The highest BCUT2D eigenvalue weighted by molar-refractivity contribution is 5.97. The van der Waals surface area contributed by atoms with E-state index in [1.165, 1.54) is 6.42 Å². The average Bonchev–Trinajstić information content (AvgIpc) is 3.15. The zero-order valence-electron chi connectivity index (χ0n) is 11.8. The van der Waals surface area contributed by atoms with Gasteiger partial charge < -0.3 is 9.64 Å². The van der Waals surface area contributed by atoms with Crippen molar-refractivity contribution in [1.82, 2.24) is 20.3 Å². The smallest absolute Gasteiger partial charge is 0.253 e. The molecule has 2 aliphatic rings. The van der Waals surface area contributed by atoms with E-state index in [-0.39, 0.29) is 11.3 Å². The number of carbonyl (C=O) groups excluding carboxylic acids is 1. The van der Waals surface area contributed by atoms with E-state index < -0.39 is 0 Å². The maximum Gasteiger partial charge on any atom is 0.253 e. The van der Waals surface area contributed by atoms with Gasteiger partial charge in [0.2, 0.25) is 0 Å². The number of ether oxygens (including phenoxy) is 1. The average molecular weight is 286 g/mol. The van der Waals surface area contributed by atoms with Gasteiger partial charge in [0.05, 0.1) is 6.61 Å². The van der Waals surface area contributed by atoms with Crippen LogP contribution in [0.2, 0.25) is 0 Å². The van der Waals surface area contributed by atoms with E-state index >= 15 is 0 Å². The van der Waals surface area contributed by atoms with Crippen LogP contribution in [0.4, 0.5) is 0 Å². The molecule has 0 bridgehead atoms. The molecule has 0 unspecified atom stereocenters. The van der Waals surface area contributed by atoms with E-state index in [0.29, 0.717) is 5.56 Å². The zero-order valence-corrected chi connectivity index (χ0v) is 11.8. The molecule has 2 aromatic rings. The van der Waals surface area contributed by atoms with Gasteiger partial charge in [0.25, 0.3) is 5.91 Å². The van der Waals surface area contributed by atoms with Crippen molar-refractivity contribution in [1.29, 1.82) is 0 Å². The molecule has 1 aromatic heterocycles. The summed E-state index contributed by atoms with van der Waals surface area (Å²) in [5.74, 6) is 0.0888. The van der Waals surface area contributed by atoms with Crippen LogP contribution in [0.15, 0.2) is 18.2 Å². The van der Waals surface area contributed by atoms with Crippen molar-refractivity contribution >= 4 is 16.9 Å². The van der Waals surface area contributed by atoms with Crippen LogP contribution in [0, 0.1) is 5.41 Å². The van der Waals surface area contributed by atoms with Crippen molar-refractivity contribution in [3.63, 3.8) is 0 Å². The van der Waals surface area contributed by atoms with Crippen LogP contribution < -0.4 is 0 Å². The standard InChI is InChI=1S/C15H18N4O2/c20-14(11-2-3-12-13(8-11)17-18-16-12)19-6-1-4-15(9-19)5-7-21-10-15/h2-3,8H,1,4-7,9-10H2,(H,16,17,18)/t15-/m1/s1. The van der Waals surface area contributed by atoms with Crippen molar-refractivity contribution in [3.05, 3.63) is 23.8 Å². The second-order valence-electron chi connectivity index (χ2n) is 6.16. The third-order valence-corrected chi connectivity index (χ3v) is 4.70. The Bertz CT molecular complexity index is 675. The molecule has 1 amide bonds. The third-order valence-electron chi connectivity index (χ3n) is 4.70. The molecular weight excluding hydrogens is 268 g/mol. The molecule has 1 atom stereocenters. The number of fused-ring (bicyclic) bond motifs is 1. The van der Waals surface area contributed by atoms with Gasteiger partial charge in [0, 0.05) is 30.7 Å². The number of likely N-dealkylation sites (tertiary alicyclic amines) is 1. The van der Waals surface area contributed by atoms with Crippen LogP contribution in [-0.4, -0.2) is 52.5 Å². The first kappa shape index (κ1) is 12.8. The molecular formula is C15H18N4O2. The molecule has 21 heavy (non-hydrogen) atoms. The van der Waals surface area contributed by atoms with Gasteiger partial charge in [-0.2, -0.15) is 15.4 Å². The van der Waals surface area contributed by atoms with Crippen LogP contribution in [0.25, 0.3) is 11.0 Å². The second-order valence-corrected chi connectivity index (χ2v) is 6.16. The van der Waals surface area contributed by atoms with Crippen molar-refractivity contribution < 1.29 is 9.53 Å². The Kier molecular flexibility index (Phi) is 2.92. The molecule has 2 fully saturated rings. The molecule has 3 heterocycles. The Morgan fingerprint density at radius 2 is 2.19 bits per heavy atom. The number of carbonyl (C=O) groups is 1. The van der Waals surface area contributed by atoms with Gasteiger partial charge in [-0.1, -0.05) is 0 Å². The van der Waals surface area contributed by atoms with Crippen molar-refractivity contribution in [3.8, 4) is 0 Å². The monoisotopic (exact) mass is 286 g/mol. The van der Waals surface area contributed by atoms with Crippen molar-refractivity contribution in [2.24, 2.45) is 5.41 Å². The summed E-state index contributed by atoms with van der Waals surface area (Å²) in [6, 6.07) is 5.48. The summed E-state index contributed by atoms with van der Waals surface area (Å²) in [5, 5.41) is 10.6. The fourth-order valence-electron chi connectivity index (χ4n) is 3.51. The van der Waals surface area contributed by atoms with Gasteiger partial charge in [0.15, 0.2) is 0 Å². The van der Waals surface area contributed by atoms with Crippen LogP contribution in [0.1, 0.15) is 29.6 Å². The molecule has 2 aliphatic heterocycles. The third kappa shape index (κ3) is 2.19. The lowest BCUT2D eigenvalue weighted by molar-refractivity contribution is 0.0463. The fraction of sp³-hybridized carbons (Fsp3) is 0.533. The molecule has 0 radical (unpaired) electrons. The number of piperidine rings is 1. The summed E-state index contributed by atoms with van der Waals surface area (Å²) >= 11 is 0. The minimum absolute atomic E-state index is 0.0888. The molecule has 0 aliphatic carbocycles. The molecule has 110 valence electrons. The summed E-state index contributed by atoms with van der Waals surface area (Å²) in [5.41, 5.74) is 2.39. The van der Waals surface area contributed by atoms with Gasteiger partial charge >= 0.3 is 0 Å². The number of rotatable bonds is 1. The van der Waals surface area contributed by atoms with E-state index in [4.69, 9.17) is 4.74 Å². The lowest BCUT2D eigenvalue weighted by atomic mass is 9.79. The van der Waals surface area contributed by atoms with Crippen LogP contribution in [0.3, 0.4) is 0 Å². The van der Waals surface area contributed by atoms with Gasteiger partial charge in [-0.3, -0.25) is 4.79 Å². The Balaban J connectivity index is 1.58. The lowest BCUT2D eigenvalue weighted by Crippen LogP contribution is -2.46. The number of benzene rings is 1. The molecule has 6 heteroatoms. The number of nitrogens with zero attached hydrogens (tertiary/aromatic N) is 3. The summed E-state index contributed by atoms with van der Waals surface area (Å²) in [4.78, 5) is 14.7. The minimum atomic E-state index is 0.0888. The fourth-order valence-corrected chi connectivity index (χ4v) is 3.51. The molecule has 4 rings (SSSR count). The molecule has 2 saturated heterocycles. The van der Waals surface area contributed by atoms with Gasteiger partial charge in [-0.25, -0.2) is 0 Å². The molecule has 6 nitrogen and oxygen atoms in total. The normalized spacial score (nSPS) is 25.8. The first-order valence-corrected chi connectivity index (χ1v) is 7.43. The molecule has 1 N–H and O–H groups in total. The van der Waals surface area contributed by atoms with Gasteiger partial charge in [-0.15, -0.1) is 0 Å². The Hall–Kier alpha value is -1.95. The van der Waals surface area contributed by atoms with Crippen LogP contribution >= 0.6 is 0 Å². The van der Waals surface area contributed by atoms with E-state index in [1.807, 2.05) is 23.1 Å². The van der Waals surface area contributed by atoms with Crippen LogP contribution in [-0.2, 0) is 4.74 Å². The van der Waals surface area contributed by atoms with E-state index in [9.17, 15) is 4.79 Å². The predicted molar refractivity (Wildman–Crippen MR) is 76.9 cm³/mol. The maximum absolute atomic E-state index is 12.7. The number of aromatic amines is 1. The summed E-state index contributed by atoms with van der Waals surface area (Å²) in [6.07, 6.45) is 3.29. The SMILES string of the molecule is O=C(c1ccc2n[nH]nc2c1)N1CCC[C@@]2(CCOC2)C1. The molecule has 1 spiro atoms. The molecule has 1 aromatic carbocycles. The number of amides is 1. The molecule has 0 saturated carbocycles. The minimum Gasteiger partial charge on any atom is -0.381 e. The topological polar surface area (TPSA) is 71.1 Å². The number of hydrogen-bond acceptors (Lipinski definition) is 4. The number of H-pyrrole nitrogens is 1. The van der Waals surface area contributed by atoms with E-state index in [2.05, 4.69) is 15.4 Å². The largest absolute Gasteiger partial charge is 0.381 e. The number of aromatic nitrogens is 3. The highest BCUT2D eigenvalue weighted by atomic mass is 16.5. The Morgan fingerprint density at radius 1 is 1.29 bits per heavy atom. The second kappa shape index (κ2) is 4.80. The Morgan fingerprint density at radius 3 is 3.05 bits per heavy atom. The summed E-state index contributed by atoms with van der Waals surface area (Å²) < 4.78 is 5.56. The highest BCUT2D eigenvalue weighted by Gasteiger charge is 2.40. The Labute approximate surface area is 122 Å². The number of hydrogen-bond donors (Lipinski definition) is 1. The first-order chi connectivity index (χ1) is 10.3. The summed E-state index contributed by atoms with van der Waals surface area (Å²) in [7, 11) is 0.